The summed E-state index contributed by atoms with van der Waals surface area (Å²) in [6, 6.07) is 9.82. The van der Waals surface area contributed by atoms with Crippen LogP contribution in [0.3, 0.4) is 0 Å². The summed E-state index contributed by atoms with van der Waals surface area (Å²) in [6.07, 6.45) is 1.71. The Morgan fingerprint density at radius 1 is 0.926 bits per heavy atom. The quantitative estimate of drug-likeness (QED) is 0.514. The Balaban J connectivity index is 1.69. The zero-order valence-corrected chi connectivity index (χ0v) is 15.8. The molecule has 142 valence electrons. The number of hydrogen-bond acceptors (Lipinski definition) is 0. The maximum atomic E-state index is 12.9. The van der Waals surface area contributed by atoms with E-state index in [-0.39, 0.29) is 0 Å². The van der Waals surface area contributed by atoms with Crippen molar-refractivity contribution in [1.29, 1.82) is 0 Å². The number of halogens is 3. The molecule has 0 fully saturated rings. The van der Waals surface area contributed by atoms with Crippen molar-refractivity contribution in [3.63, 3.8) is 0 Å². The van der Waals surface area contributed by atoms with Crippen molar-refractivity contribution in [3.8, 4) is 0 Å². The van der Waals surface area contributed by atoms with Crippen molar-refractivity contribution in [2.24, 2.45) is 0 Å². The molecule has 0 unspecified atom stereocenters. The molecular formula is C24H25F3. The van der Waals surface area contributed by atoms with Crippen molar-refractivity contribution in [1.82, 2.24) is 0 Å². The van der Waals surface area contributed by atoms with Crippen molar-refractivity contribution in [3.05, 3.63) is 82.9 Å². The summed E-state index contributed by atoms with van der Waals surface area (Å²) in [5.74, 6) is 0. The molecule has 0 saturated heterocycles. The Bertz CT molecular complexity index is 872. The van der Waals surface area contributed by atoms with Gasteiger partial charge in [0.05, 0.1) is 5.56 Å². The summed E-state index contributed by atoms with van der Waals surface area (Å²) in [4.78, 5) is 0. The predicted molar refractivity (Wildman–Crippen MR) is 107 cm³/mol. The molecule has 0 heterocycles. The Kier molecular flexibility index (Phi) is 5.59. The molecule has 1 aliphatic rings. The molecule has 3 rings (SSSR count). The number of allylic oxidation sites excluding steroid dienone is 2. The molecule has 2 aromatic carbocycles. The molecule has 0 atom stereocenters. The van der Waals surface area contributed by atoms with E-state index >= 15 is 0 Å². The second-order valence-corrected chi connectivity index (χ2v) is 7.42. The molecule has 0 saturated carbocycles. The molecule has 0 amide bonds. The Morgan fingerprint density at radius 3 is 2.30 bits per heavy atom. The average molecular weight is 370 g/mol. The molecular weight excluding hydrogens is 345 g/mol. The normalized spacial score (nSPS) is 13.9. The highest BCUT2D eigenvalue weighted by Crippen LogP contribution is 2.33. The van der Waals surface area contributed by atoms with Crippen LogP contribution in [0, 0.1) is 6.92 Å². The number of hydrogen-bond donors (Lipinski definition) is 0. The molecule has 0 aliphatic heterocycles. The standard InChI is InChI=1S/C24H25F3/c1-16(19-8-6-9-22(15-19)24(25,26)27)11-12-17(2)21-13-18(3)23-10-5-4-7-20(23)14-21/h6,8-9,13-15H,1-2,4-5,7,10-12H2,3H3. The van der Waals surface area contributed by atoms with E-state index in [1.807, 2.05) is 0 Å². The summed E-state index contributed by atoms with van der Waals surface area (Å²) in [5, 5.41) is 0. The summed E-state index contributed by atoms with van der Waals surface area (Å²) >= 11 is 0. The third-order valence-electron chi connectivity index (χ3n) is 5.42. The van der Waals surface area contributed by atoms with Crippen LogP contribution in [0.4, 0.5) is 13.2 Å². The van der Waals surface area contributed by atoms with E-state index in [2.05, 4.69) is 32.2 Å². The lowest BCUT2D eigenvalue weighted by molar-refractivity contribution is -0.137. The van der Waals surface area contributed by atoms with E-state index in [1.54, 1.807) is 6.07 Å². The van der Waals surface area contributed by atoms with Crippen LogP contribution in [0.2, 0.25) is 0 Å². The topological polar surface area (TPSA) is 0 Å². The van der Waals surface area contributed by atoms with Crippen LogP contribution in [0.5, 0.6) is 0 Å². The van der Waals surface area contributed by atoms with Gasteiger partial charge >= 0.3 is 6.18 Å². The van der Waals surface area contributed by atoms with Gasteiger partial charge in [-0.1, -0.05) is 37.4 Å². The fourth-order valence-corrected chi connectivity index (χ4v) is 3.80. The van der Waals surface area contributed by atoms with Gasteiger partial charge in [-0.05, 0) is 96.5 Å². The van der Waals surface area contributed by atoms with Crippen LogP contribution in [0.1, 0.15) is 59.1 Å². The summed E-state index contributed by atoms with van der Waals surface area (Å²) < 4.78 is 38.7. The predicted octanol–water partition coefficient (Wildman–Crippen LogP) is 7.40. The molecule has 2 aromatic rings. The maximum Gasteiger partial charge on any atom is 0.416 e. The molecule has 27 heavy (non-hydrogen) atoms. The number of aryl methyl sites for hydroxylation is 2. The Morgan fingerprint density at radius 2 is 1.59 bits per heavy atom. The van der Waals surface area contributed by atoms with E-state index in [4.69, 9.17) is 0 Å². The summed E-state index contributed by atoms with van der Waals surface area (Å²) in [5.41, 5.74) is 6.99. The molecule has 0 radical (unpaired) electrons. The van der Waals surface area contributed by atoms with Gasteiger partial charge in [0.1, 0.15) is 0 Å². The fraction of sp³-hybridized carbons (Fsp3) is 0.333. The lowest BCUT2D eigenvalue weighted by atomic mass is 9.85. The first-order valence-corrected chi connectivity index (χ1v) is 9.41. The van der Waals surface area contributed by atoms with Gasteiger partial charge in [-0.3, -0.25) is 0 Å². The van der Waals surface area contributed by atoms with Gasteiger partial charge in [-0.2, -0.15) is 13.2 Å². The maximum absolute atomic E-state index is 12.9. The molecule has 3 heteroatoms. The van der Waals surface area contributed by atoms with Gasteiger partial charge in [0.2, 0.25) is 0 Å². The second kappa shape index (κ2) is 7.75. The van der Waals surface area contributed by atoms with Crippen molar-refractivity contribution in [2.45, 2.75) is 51.6 Å². The van der Waals surface area contributed by atoms with Gasteiger partial charge in [-0.25, -0.2) is 0 Å². The first kappa shape index (κ1) is 19.5. The monoisotopic (exact) mass is 370 g/mol. The molecule has 0 N–H and O–H groups in total. The van der Waals surface area contributed by atoms with Gasteiger partial charge in [0.15, 0.2) is 0 Å². The average Bonchev–Trinajstić information content (AvgIpc) is 2.65. The van der Waals surface area contributed by atoms with E-state index in [9.17, 15) is 13.2 Å². The minimum atomic E-state index is -4.33. The van der Waals surface area contributed by atoms with E-state index in [0.29, 0.717) is 24.0 Å². The van der Waals surface area contributed by atoms with E-state index in [1.165, 1.54) is 41.7 Å². The largest absolute Gasteiger partial charge is 0.416 e. The van der Waals surface area contributed by atoms with Crippen molar-refractivity contribution < 1.29 is 13.2 Å². The first-order valence-electron chi connectivity index (χ1n) is 9.41. The first-order chi connectivity index (χ1) is 12.8. The molecule has 0 nitrogen and oxygen atoms in total. The lowest BCUT2D eigenvalue weighted by Crippen LogP contribution is -2.06. The van der Waals surface area contributed by atoms with Gasteiger partial charge in [-0.15, -0.1) is 0 Å². The highest BCUT2D eigenvalue weighted by molar-refractivity contribution is 5.70. The zero-order chi connectivity index (χ0) is 19.6. The third-order valence-corrected chi connectivity index (χ3v) is 5.42. The molecule has 0 bridgehead atoms. The number of rotatable bonds is 5. The van der Waals surface area contributed by atoms with Crippen LogP contribution in [-0.4, -0.2) is 0 Å². The van der Waals surface area contributed by atoms with Crippen molar-refractivity contribution in [2.75, 3.05) is 0 Å². The molecule has 0 spiro atoms. The van der Waals surface area contributed by atoms with Crippen LogP contribution in [0.25, 0.3) is 11.1 Å². The SMILES string of the molecule is C=C(CCC(=C)c1cc(C)c2c(c1)CCCC2)c1cccc(C(F)(F)F)c1. The zero-order valence-electron chi connectivity index (χ0n) is 15.8. The highest BCUT2D eigenvalue weighted by atomic mass is 19.4. The van der Waals surface area contributed by atoms with Crippen molar-refractivity contribution >= 4 is 11.1 Å². The minimum absolute atomic E-state index is 0.541. The molecule has 0 aromatic heterocycles. The van der Waals surface area contributed by atoms with E-state index < -0.39 is 11.7 Å². The smallest absolute Gasteiger partial charge is 0.166 e. The Hall–Kier alpha value is -2.29. The van der Waals surface area contributed by atoms with E-state index in [0.717, 1.165) is 30.0 Å². The van der Waals surface area contributed by atoms with Crippen LogP contribution in [-0.2, 0) is 19.0 Å². The summed E-state index contributed by atoms with van der Waals surface area (Å²) in [6.45, 7) is 10.4. The summed E-state index contributed by atoms with van der Waals surface area (Å²) in [7, 11) is 0. The third kappa shape index (κ3) is 4.52. The number of fused-ring (bicyclic) bond motifs is 1. The highest BCUT2D eigenvalue weighted by Gasteiger charge is 2.30. The van der Waals surface area contributed by atoms with Crippen LogP contribution >= 0.6 is 0 Å². The molecule has 1 aliphatic carbocycles. The minimum Gasteiger partial charge on any atom is -0.166 e. The van der Waals surface area contributed by atoms with Gasteiger partial charge in [0.25, 0.3) is 0 Å². The van der Waals surface area contributed by atoms with Crippen LogP contribution in [0.15, 0.2) is 49.6 Å². The number of alkyl halides is 3. The van der Waals surface area contributed by atoms with Crippen LogP contribution < -0.4 is 0 Å². The Labute approximate surface area is 159 Å². The second-order valence-electron chi connectivity index (χ2n) is 7.42. The lowest BCUT2D eigenvalue weighted by Gasteiger charge is -2.20. The van der Waals surface area contributed by atoms with Gasteiger partial charge < -0.3 is 0 Å². The number of benzene rings is 2. The fourth-order valence-electron chi connectivity index (χ4n) is 3.80. The van der Waals surface area contributed by atoms with Gasteiger partial charge in [0, 0.05) is 0 Å².